The molecule has 2 aliphatic rings. The molecule has 2 aromatic heterocycles. The Labute approximate surface area is 240 Å². The van der Waals surface area contributed by atoms with Crippen LogP contribution in [0.4, 0.5) is 10.3 Å². The summed E-state index contributed by atoms with van der Waals surface area (Å²) in [6.45, 7) is 0.436. The van der Waals surface area contributed by atoms with E-state index >= 15 is 0 Å². The molecule has 0 saturated heterocycles. The molecule has 40 heavy (non-hydrogen) atoms. The van der Waals surface area contributed by atoms with Crippen LogP contribution in [-0.2, 0) is 22.6 Å². The van der Waals surface area contributed by atoms with Crippen molar-refractivity contribution < 1.29 is 9.59 Å². The Balaban J connectivity index is 1.14. The number of nitrogens with zero attached hydrogens (tertiary/aromatic N) is 5. The minimum Gasteiger partial charge on any atom is -0.326 e. The van der Waals surface area contributed by atoms with Crippen molar-refractivity contribution in [2.24, 2.45) is 11.7 Å². The summed E-state index contributed by atoms with van der Waals surface area (Å²) < 4.78 is 0. The van der Waals surface area contributed by atoms with Gasteiger partial charge in [0, 0.05) is 18.4 Å². The molecule has 1 fully saturated rings. The van der Waals surface area contributed by atoms with Crippen molar-refractivity contribution in [3.8, 4) is 6.07 Å². The van der Waals surface area contributed by atoms with Crippen LogP contribution in [0, 0.1) is 17.2 Å². The SMILES string of the molecule is N#CC1C=C(CC(=O)Nc2nnc([C@H]3CCC[C@H](c4nnc(NC(=O)Cc5cccc(CN)c5)s4)C3)s2)C=CC1. The second-order valence-electron chi connectivity index (χ2n) is 10.0. The van der Waals surface area contributed by atoms with E-state index in [1.165, 1.54) is 22.7 Å². The molecule has 2 aliphatic carbocycles. The quantitative estimate of drug-likeness (QED) is 0.328. The number of anilines is 2. The van der Waals surface area contributed by atoms with Gasteiger partial charge < -0.3 is 16.4 Å². The number of carbonyl (C=O) groups excluding carboxylic acids is 2. The first-order chi connectivity index (χ1) is 19.5. The van der Waals surface area contributed by atoms with Crippen molar-refractivity contribution in [2.75, 3.05) is 10.6 Å². The van der Waals surface area contributed by atoms with Gasteiger partial charge in [0.1, 0.15) is 10.0 Å². The lowest BCUT2D eigenvalue weighted by molar-refractivity contribution is -0.116. The monoisotopic (exact) mass is 574 g/mol. The van der Waals surface area contributed by atoms with E-state index in [2.05, 4.69) is 37.1 Å². The van der Waals surface area contributed by atoms with Crippen LogP contribution in [0.15, 0.2) is 48.1 Å². The van der Waals surface area contributed by atoms with E-state index in [1.807, 2.05) is 42.5 Å². The molecule has 0 radical (unpaired) electrons. The number of rotatable bonds is 9. The fraction of sp³-hybridized carbons (Fsp3) is 0.393. The topological polar surface area (TPSA) is 160 Å². The first-order valence-corrected chi connectivity index (χ1v) is 14.9. The van der Waals surface area contributed by atoms with Crippen molar-refractivity contribution >= 4 is 44.8 Å². The minimum absolute atomic E-state index is 0.137. The number of hydrogen-bond acceptors (Lipinski definition) is 10. The Morgan fingerprint density at radius 1 is 0.975 bits per heavy atom. The largest absolute Gasteiger partial charge is 0.326 e. The van der Waals surface area contributed by atoms with Gasteiger partial charge in [-0.1, -0.05) is 71.6 Å². The highest BCUT2D eigenvalue weighted by atomic mass is 32.1. The Morgan fingerprint density at radius 3 is 2.27 bits per heavy atom. The lowest BCUT2D eigenvalue weighted by atomic mass is 9.82. The zero-order valence-electron chi connectivity index (χ0n) is 21.9. The molecule has 4 N–H and O–H groups in total. The third-order valence-corrected chi connectivity index (χ3v) is 9.01. The van der Waals surface area contributed by atoms with Gasteiger partial charge in [-0.05, 0) is 42.4 Å². The van der Waals surface area contributed by atoms with Crippen molar-refractivity contribution in [2.45, 2.75) is 63.3 Å². The van der Waals surface area contributed by atoms with Gasteiger partial charge in [-0.3, -0.25) is 9.59 Å². The highest BCUT2D eigenvalue weighted by Gasteiger charge is 2.29. The third-order valence-electron chi connectivity index (χ3n) is 7.01. The molecular formula is C28H30N8O2S2. The number of nitriles is 1. The van der Waals surface area contributed by atoms with Crippen LogP contribution < -0.4 is 16.4 Å². The molecule has 1 saturated carbocycles. The Kier molecular flexibility index (Phi) is 9.05. The molecule has 0 aliphatic heterocycles. The maximum absolute atomic E-state index is 12.6. The summed E-state index contributed by atoms with van der Waals surface area (Å²) in [6.07, 6.45) is 10.7. The number of aromatic nitrogens is 4. The molecule has 0 bridgehead atoms. The molecule has 0 spiro atoms. The van der Waals surface area contributed by atoms with Gasteiger partial charge >= 0.3 is 0 Å². The van der Waals surface area contributed by atoms with Crippen molar-refractivity contribution in [3.63, 3.8) is 0 Å². The van der Waals surface area contributed by atoms with Crippen LogP contribution >= 0.6 is 22.7 Å². The van der Waals surface area contributed by atoms with Crippen molar-refractivity contribution in [1.82, 2.24) is 20.4 Å². The van der Waals surface area contributed by atoms with E-state index in [9.17, 15) is 9.59 Å². The number of carbonyl (C=O) groups is 2. The number of nitrogens with two attached hydrogens (primary N) is 1. The van der Waals surface area contributed by atoms with Gasteiger partial charge in [-0.15, -0.1) is 20.4 Å². The van der Waals surface area contributed by atoms with E-state index in [4.69, 9.17) is 11.0 Å². The lowest BCUT2D eigenvalue weighted by Crippen LogP contribution is -2.14. The van der Waals surface area contributed by atoms with Crippen LogP contribution in [0.3, 0.4) is 0 Å². The molecule has 2 heterocycles. The predicted molar refractivity (Wildman–Crippen MR) is 155 cm³/mol. The first kappa shape index (κ1) is 27.8. The summed E-state index contributed by atoms with van der Waals surface area (Å²) in [5, 5.41) is 34.8. The molecule has 206 valence electrons. The number of amides is 2. The summed E-state index contributed by atoms with van der Waals surface area (Å²) in [6, 6.07) is 9.92. The molecule has 1 unspecified atom stereocenters. The maximum Gasteiger partial charge on any atom is 0.230 e. The lowest BCUT2D eigenvalue weighted by Gasteiger charge is -2.25. The predicted octanol–water partition coefficient (Wildman–Crippen LogP) is 4.83. The average molecular weight is 575 g/mol. The second-order valence-corrected chi connectivity index (χ2v) is 12.1. The van der Waals surface area contributed by atoms with Crippen LogP contribution in [-0.4, -0.2) is 32.2 Å². The fourth-order valence-corrected chi connectivity index (χ4v) is 6.87. The Hall–Kier alpha value is -3.79. The van der Waals surface area contributed by atoms with Gasteiger partial charge in [-0.2, -0.15) is 5.26 Å². The normalized spacial score (nSPS) is 20.4. The highest BCUT2D eigenvalue weighted by Crippen LogP contribution is 2.43. The summed E-state index contributed by atoms with van der Waals surface area (Å²) in [7, 11) is 0. The fourth-order valence-electron chi connectivity index (χ4n) is 5.06. The molecule has 5 rings (SSSR count). The zero-order valence-corrected chi connectivity index (χ0v) is 23.5. The Bertz CT molecular complexity index is 1470. The van der Waals surface area contributed by atoms with Gasteiger partial charge in [0.05, 0.1) is 24.8 Å². The molecule has 3 atom stereocenters. The second kappa shape index (κ2) is 13.0. The minimum atomic E-state index is -0.181. The van der Waals surface area contributed by atoms with E-state index in [0.717, 1.165) is 52.4 Å². The third kappa shape index (κ3) is 7.24. The molecule has 2 amide bonds. The molecule has 1 aromatic carbocycles. The van der Waals surface area contributed by atoms with E-state index in [0.29, 0.717) is 23.2 Å². The van der Waals surface area contributed by atoms with Gasteiger partial charge in [-0.25, -0.2) is 0 Å². The average Bonchev–Trinajstić information content (AvgIpc) is 3.63. The van der Waals surface area contributed by atoms with Crippen LogP contribution in [0.2, 0.25) is 0 Å². The van der Waals surface area contributed by atoms with Crippen molar-refractivity contribution in [1.29, 1.82) is 5.26 Å². The van der Waals surface area contributed by atoms with Gasteiger partial charge in [0.2, 0.25) is 22.1 Å². The molecule has 3 aromatic rings. The summed E-state index contributed by atoms with van der Waals surface area (Å²) in [5.74, 6) is -0.0428. The van der Waals surface area contributed by atoms with Crippen LogP contribution in [0.5, 0.6) is 0 Å². The van der Waals surface area contributed by atoms with Gasteiger partial charge in [0.25, 0.3) is 0 Å². The molecular weight excluding hydrogens is 544 g/mol. The van der Waals surface area contributed by atoms with Crippen LogP contribution in [0.25, 0.3) is 0 Å². The first-order valence-electron chi connectivity index (χ1n) is 13.3. The molecule has 10 nitrogen and oxygen atoms in total. The summed E-state index contributed by atoms with van der Waals surface area (Å²) in [5.41, 5.74) is 8.43. The number of benzene rings is 1. The van der Waals surface area contributed by atoms with Crippen LogP contribution in [0.1, 0.15) is 71.5 Å². The zero-order chi connectivity index (χ0) is 27.9. The standard InChI is InChI=1S/C28H30N8O2S2/c29-15-19-6-1-4-17(10-19)12-23(37)31-27-35-33-25(39-27)21-8-3-9-22(14-21)26-34-36-28(40-26)32-24(38)13-18-5-2-7-20(11-18)16-30/h1-2,4-6,10-11,20-22H,3,7-9,12-15,29H2,(H,31,35,37)(H,32,36,38)/t20?,21-,22-/m0/s1. The van der Waals surface area contributed by atoms with E-state index in [-0.39, 0.29) is 42.4 Å². The highest BCUT2D eigenvalue weighted by molar-refractivity contribution is 7.15. The maximum atomic E-state index is 12.6. The molecule has 12 heteroatoms. The Morgan fingerprint density at radius 2 is 1.62 bits per heavy atom. The van der Waals surface area contributed by atoms with Crippen molar-refractivity contribution in [3.05, 3.63) is 69.2 Å². The number of nitrogens with one attached hydrogen (secondary N) is 2. The smallest absolute Gasteiger partial charge is 0.230 e. The number of hydrogen-bond donors (Lipinski definition) is 3. The van der Waals surface area contributed by atoms with E-state index < -0.39 is 0 Å². The van der Waals surface area contributed by atoms with Gasteiger partial charge in [0.15, 0.2) is 0 Å². The number of allylic oxidation sites excluding steroid dienone is 3. The summed E-state index contributed by atoms with van der Waals surface area (Å²) in [4.78, 5) is 25.1. The van der Waals surface area contributed by atoms with E-state index in [1.54, 1.807) is 0 Å². The summed E-state index contributed by atoms with van der Waals surface area (Å²) >= 11 is 2.83.